The number of aromatic nitrogens is 5. The van der Waals surface area contributed by atoms with Gasteiger partial charge in [-0.15, -0.1) is 10.2 Å². The molecule has 1 aliphatic carbocycles. The summed E-state index contributed by atoms with van der Waals surface area (Å²) < 4.78 is 2.34. The molecule has 3 heterocycles. The maximum absolute atomic E-state index is 4.73. The SMILES string of the molecule is CCc1nc(N2Cc3nnc(C4CC4)n3[C@@H](C)C2)ncc1C. The lowest BCUT2D eigenvalue weighted by Gasteiger charge is -2.32. The molecule has 2 aromatic heterocycles. The molecule has 6 nitrogen and oxygen atoms in total. The molecule has 22 heavy (non-hydrogen) atoms. The Kier molecular flexibility index (Phi) is 3.13. The fourth-order valence-electron chi connectivity index (χ4n) is 3.31. The Bertz CT molecular complexity index is 703. The van der Waals surface area contributed by atoms with Crippen LogP contribution in [-0.4, -0.2) is 31.3 Å². The van der Waals surface area contributed by atoms with Gasteiger partial charge in [0.2, 0.25) is 5.95 Å². The first-order valence-corrected chi connectivity index (χ1v) is 8.18. The highest BCUT2D eigenvalue weighted by atomic mass is 15.4. The van der Waals surface area contributed by atoms with Crippen LogP contribution in [0, 0.1) is 6.92 Å². The molecule has 6 heteroatoms. The van der Waals surface area contributed by atoms with Crippen LogP contribution in [0.2, 0.25) is 0 Å². The van der Waals surface area contributed by atoms with Gasteiger partial charge < -0.3 is 9.47 Å². The number of hydrogen-bond acceptors (Lipinski definition) is 5. The summed E-state index contributed by atoms with van der Waals surface area (Å²) in [7, 11) is 0. The molecule has 0 bridgehead atoms. The van der Waals surface area contributed by atoms with Gasteiger partial charge in [-0.05, 0) is 38.7 Å². The van der Waals surface area contributed by atoms with Gasteiger partial charge in [0, 0.05) is 24.4 Å². The molecule has 4 rings (SSSR count). The average molecular weight is 298 g/mol. The zero-order valence-electron chi connectivity index (χ0n) is 13.5. The fraction of sp³-hybridized carbons (Fsp3) is 0.625. The second kappa shape index (κ2) is 5.04. The summed E-state index contributed by atoms with van der Waals surface area (Å²) in [6.45, 7) is 8.10. The molecular weight excluding hydrogens is 276 g/mol. The Balaban J connectivity index is 1.65. The van der Waals surface area contributed by atoms with Gasteiger partial charge in [0.1, 0.15) is 5.82 Å². The lowest BCUT2D eigenvalue weighted by atomic mass is 10.2. The van der Waals surface area contributed by atoms with Crippen LogP contribution in [0.3, 0.4) is 0 Å². The van der Waals surface area contributed by atoms with Crippen LogP contribution in [0.25, 0.3) is 0 Å². The van der Waals surface area contributed by atoms with E-state index >= 15 is 0 Å². The van der Waals surface area contributed by atoms with Gasteiger partial charge in [-0.3, -0.25) is 0 Å². The molecular formula is C16H22N6. The summed E-state index contributed by atoms with van der Waals surface area (Å²) in [5, 5.41) is 8.85. The third kappa shape index (κ3) is 2.17. The third-order valence-corrected chi connectivity index (χ3v) is 4.67. The van der Waals surface area contributed by atoms with Crippen molar-refractivity contribution in [3.63, 3.8) is 0 Å². The molecule has 0 N–H and O–H groups in total. The molecule has 0 aromatic carbocycles. The van der Waals surface area contributed by atoms with Gasteiger partial charge >= 0.3 is 0 Å². The second-order valence-electron chi connectivity index (χ2n) is 6.50. The Labute approximate surface area is 130 Å². The van der Waals surface area contributed by atoms with Gasteiger partial charge in [-0.1, -0.05) is 6.92 Å². The standard InChI is InChI=1S/C16H22N6/c1-4-13-10(2)7-17-16(18-13)21-8-11(3)22-14(9-21)19-20-15(22)12-5-6-12/h7,11-12H,4-6,8-9H2,1-3H3/t11-/m0/s1. The van der Waals surface area contributed by atoms with Crippen LogP contribution in [-0.2, 0) is 13.0 Å². The molecule has 1 saturated carbocycles. The minimum atomic E-state index is 0.365. The smallest absolute Gasteiger partial charge is 0.226 e. The summed E-state index contributed by atoms with van der Waals surface area (Å²) in [5.74, 6) is 3.68. The number of aryl methyl sites for hydroxylation is 2. The normalized spacial score (nSPS) is 21.0. The highest BCUT2D eigenvalue weighted by Gasteiger charge is 2.35. The molecule has 0 amide bonds. The van der Waals surface area contributed by atoms with Crippen molar-refractivity contribution in [3.05, 3.63) is 29.1 Å². The maximum atomic E-state index is 4.73. The fourth-order valence-corrected chi connectivity index (χ4v) is 3.31. The molecule has 0 radical (unpaired) electrons. The summed E-state index contributed by atoms with van der Waals surface area (Å²) in [6.07, 6.45) is 5.39. The first-order chi connectivity index (χ1) is 10.7. The van der Waals surface area contributed by atoms with Gasteiger partial charge in [0.05, 0.1) is 12.6 Å². The molecule has 1 aliphatic heterocycles. The first-order valence-electron chi connectivity index (χ1n) is 8.18. The minimum absolute atomic E-state index is 0.365. The van der Waals surface area contributed by atoms with E-state index in [0.717, 1.165) is 42.5 Å². The van der Waals surface area contributed by atoms with Gasteiger partial charge in [0.15, 0.2) is 5.82 Å². The van der Waals surface area contributed by atoms with Crippen LogP contribution < -0.4 is 4.90 Å². The van der Waals surface area contributed by atoms with Gasteiger partial charge in [-0.2, -0.15) is 0 Å². The Morgan fingerprint density at radius 3 is 2.82 bits per heavy atom. The van der Waals surface area contributed by atoms with Crippen molar-refractivity contribution in [1.82, 2.24) is 24.7 Å². The van der Waals surface area contributed by atoms with Gasteiger partial charge in [-0.25, -0.2) is 9.97 Å². The zero-order valence-corrected chi connectivity index (χ0v) is 13.5. The third-order valence-electron chi connectivity index (χ3n) is 4.67. The van der Waals surface area contributed by atoms with Crippen molar-refractivity contribution in [2.45, 2.75) is 58.5 Å². The first kappa shape index (κ1) is 13.7. The van der Waals surface area contributed by atoms with E-state index in [1.807, 2.05) is 6.20 Å². The van der Waals surface area contributed by atoms with Crippen molar-refractivity contribution in [1.29, 1.82) is 0 Å². The number of anilines is 1. The van der Waals surface area contributed by atoms with E-state index < -0.39 is 0 Å². The highest BCUT2D eigenvalue weighted by molar-refractivity contribution is 5.35. The molecule has 0 saturated heterocycles. The van der Waals surface area contributed by atoms with Gasteiger partial charge in [0.25, 0.3) is 0 Å². The predicted octanol–water partition coefficient (Wildman–Crippen LogP) is 2.40. The molecule has 116 valence electrons. The number of rotatable bonds is 3. The average Bonchev–Trinajstić information content (AvgIpc) is 3.27. The van der Waals surface area contributed by atoms with Crippen molar-refractivity contribution >= 4 is 5.95 Å². The van der Waals surface area contributed by atoms with E-state index in [0.29, 0.717) is 12.0 Å². The van der Waals surface area contributed by atoms with Crippen LogP contribution >= 0.6 is 0 Å². The summed E-state index contributed by atoms with van der Waals surface area (Å²) in [4.78, 5) is 11.5. The predicted molar refractivity (Wildman–Crippen MR) is 83.9 cm³/mol. The number of hydrogen-bond donors (Lipinski definition) is 0. The lowest BCUT2D eigenvalue weighted by Crippen LogP contribution is -2.38. The molecule has 2 aliphatic rings. The van der Waals surface area contributed by atoms with E-state index in [9.17, 15) is 0 Å². The largest absolute Gasteiger partial charge is 0.331 e. The molecule has 0 spiro atoms. The summed E-state index contributed by atoms with van der Waals surface area (Å²) in [6, 6.07) is 0.365. The van der Waals surface area contributed by atoms with E-state index in [1.54, 1.807) is 0 Å². The Morgan fingerprint density at radius 1 is 1.27 bits per heavy atom. The van der Waals surface area contributed by atoms with Crippen molar-refractivity contribution in [2.75, 3.05) is 11.4 Å². The van der Waals surface area contributed by atoms with E-state index in [1.165, 1.54) is 18.7 Å². The zero-order chi connectivity index (χ0) is 15.3. The minimum Gasteiger partial charge on any atom is -0.331 e. The van der Waals surface area contributed by atoms with E-state index in [2.05, 4.69) is 45.4 Å². The topological polar surface area (TPSA) is 59.7 Å². The molecule has 0 unspecified atom stereocenters. The second-order valence-corrected chi connectivity index (χ2v) is 6.50. The summed E-state index contributed by atoms with van der Waals surface area (Å²) >= 11 is 0. The summed E-state index contributed by atoms with van der Waals surface area (Å²) in [5.41, 5.74) is 2.29. The maximum Gasteiger partial charge on any atom is 0.226 e. The molecule has 2 aromatic rings. The van der Waals surface area contributed by atoms with Crippen LogP contribution in [0.4, 0.5) is 5.95 Å². The van der Waals surface area contributed by atoms with Crippen molar-refractivity contribution in [2.24, 2.45) is 0 Å². The van der Waals surface area contributed by atoms with Crippen molar-refractivity contribution < 1.29 is 0 Å². The number of nitrogens with zero attached hydrogens (tertiary/aromatic N) is 6. The van der Waals surface area contributed by atoms with Crippen LogP contribution in [0.15, 0.2) is 6.20 Å². The quantitative estimate of drug-likeness (QED) is 0.871. The lowest BCUT2D eigenvalue weighted by molar-refractivity contribution is 0.445. The molecule has 1 atom stereocenters. The van der Waals surface area contributed by atoms with E-state index in [-0.39, 0.29) is 0 Å². The monoisotopic (exact) mass is 298 g/mol. The van der Waals surface area contributed by atoms with E-state index in [4.69, 9.17) is 4.98 Å². The Hall–Kier alpha value is -1.98. The van der Waals surface area contributed by atoms with Crippen LogP contribution in [0.1, 0.15) is 61.6 Å². The number of fused-ring (bicyclic) bond motifs is 1. The molecule has 1 fully saturated rings. The van der Waals surface area contributed by atoms with Crippen LogP contribution in [0.5, 0.6) is 0 Å². The Morgan fingerprint density at radius 2 is 2.09 bits per heavy atom. The highest BCUT2D eigenvalue weighted by Crippen LogP contribution is 2.41. The van der Waals surface area contributed by atoms with Crippen molar-refractivity contribution in [3.8, 4) is 0 Å².